The van der Waals surface area contributed by atoms with Gasteiger partial charge >= 0.3 is 0 Å². The molecule has 17 heavy (non-hydrogen) atoms. The summed E-state index contributed by atoms with van der Waals surface area (Å²) in [6, 6.07) is 4.13. The fourth-order valence-electron chi connectivity index (χ4n) is 1.87. The fourth-order valence-corrected chi connectivity index (χ4v) is 2.17. The Morgan fingerprint density at radius 3 is 2.71 bits per heavy atom. The number of aromatic amines is 1. The molecule has 0 fully saturated rings. The van der Waals surface area contributed by atoms with Gasteiger partial charge in [-0.15, -0.1) is 0 Å². The highest BCUT2D eigenvalue weighted by molar-refractivity contribution is 7.71. The third kappa shape index (κ3) is 2.29. The Labute approximate surface area is 106 Å². The lowest BCUT2D eigenvalue weighted by Crippen LogP contribution is -2.12. The van der Waals surface area contributed by atoms with Crippen molar-refractivity contribution in [3.05, 3.63) is 40.7 Å². The van der Waals surface area contributed by atoms with Crippen LogP contribution in [-0.2, 0) is 0 Å². The van der Waals surface area contributed by atoms with Gasteiger partial charge in [0, 0.05) is 18.3 Å². The molecule has 1 atom stereocenters. The van der Waals surface area contributed by atoms with Crippen LogP contribution in [-0.4, -0.2) is 19.7 Å². The molecule has 0 saturated heterocycles. The molecule has 0 radical (unpaired) electrons. The van der Waals surface area contributed by atoms with E-state index in [0.29, 0.717) is 10.7 Å². The van der Waals surface area contributed by atoms with Crippen LogP contribution < -0.4 is 0 Å². The number of nitrogens with one attached hydrogen (secondary N) is 1. The Bertz CT molecular complexity index is 541. The summed E-state index contributed by atoms with van der Waals surface area (Å²) in [5.41, 5.74) is 1.13. The van der Waals surface area contributed by atoms with Crippen LogP contribution in [0.15, 0.2) is 24.5 Å². The predicted octanol–water partition coefficient (Wildman–Crippen LogP) is 3.07. The summed E-state index contributed by atoms with van der Waals surface area (Å²) in [7, 11) is 0. The molecule has 90 valence electrons. The molecular formula is C12H16N4S. The minimum atomic E-state index is 0.146. The summed E-state index contributed by atoms with van der Waals surface area (Å²) < 4.78 is 2.71. The van der Waals surface area contributed by atoms with E-state index in [1.54, 1.807) is 6.20 Å². The molecule has 1 unspecified atom stereocenters. The average Bonchev–Trinajstić information content (AvgIpc) is 2.71. The summed E-state index contributed by atoms with van der Waals surface area (Å²) >= 11 is 5.29. The zero-order chi connectivity index (χ0) is 12.4. The van der Waals surface area contributed by atoms with Crippen LogP contribution in [0, 0.1) is 4.77 Å². The smallest absolute Gasteiger partial charge is 0.195 e. The molecule has 0 aliphatic rings. The number of rotatable bonds is 3. The molecule has 2 aromatic rings. The van der Waals surface area contributed by atoms with Crippen LogP contribution in [0.3, 0.4) is 0 Å². The predicted molar refractivity (Wildman–Crippen MR) is 69.6 cm³/mol. The Morgan fingerprint density at radius 2 is 2.12 bits per heavy atom. The highest BCUT2D eigenvalue weighted by atomic mass is 32.1. The van der Waals surface area contributed by atoms with Gasteiger partial charge in [-0.25, -0.2) is 0 Å². The van der Waals surface area contributed by atoms with E-state index in [0.717, 1.165) is 11.4 Å². The highest BCUT2D eigenvalue weighted by Crippen LogP contribution is 2.22. The molecule has 2 heterocycles. The standard InChI is InChI=1S/C12H16N4S/c1-8(2)11-14-15-12(17)16(11)9(3)10-5-4-6-13-7-10/h4-9H,1-3H3,(H,15,17). The van der Waals surface area contributed by atoms with Gasteiger partial charge in [0.05, 0.1) is 6.04 Å². The van der Waals surface area contributed by atoms with Crippen LogP contribution in [0.5, 0.6) is 0 Å². The minimum Gasteiger partial charge on any atom is -0.297 e. The zero-order valence-electron chi connectivity index (χ0n) is 10.2. The second-order valence-electron chi connectivity index (χ2n) is 4.37. The Balaban J connectivity index is 2.47. The van der Waals surface area contributed by atoms with Gasteiger partial charge < -0.3 is 0 Å². The molecule has 5 heteroatoms. The zero-order valence-corrected chi connectivity index (χ0v) is 11.0. The quantitative estimate of drug-likeness (QED) is 0.849. The minimum absolute atomic E-state index is 0.146. The van der Waals surface area contributed by atoms with E-state index in [1.807, 2.05) is 12.3 Å². The van der Waals surface area contributed by atoms with E-state index in [1.165, 1.54) is 0 Å². The Kier molecular flexibility index (Phi) is 3.38. The molecule has 0 bridgehead atoms. The van der Waals surface area contributed by atoms with Gasteiger partial charge in [0.2, 0.25) is 0 Å². The van der Waals surface area contributed by atoms with Crippen molar-refractivity contribution in [1.82, 2.24) is 19.7 Å². The largest absolute Gasteiger partial charge is 0.297 e. The highest BCUT2D eigenvalue weighted by Gasteiger charge is 2.16. The first-order chi connectivity index (χ1) is 8.11. The van der Waals surface area contributed by atoms with Crippen molar-refractivity contribution in [2.45, 2.75) is 32.7 Å². The molecular weight excluding hydrogens is 232 g/mol. The molecule has 0 aromatic carbocycles. The molecule has 0 aliphatic heterocycles. The summed E-state index contributed by atoms with van der Waals surface area (Å²) in [4.78, 5) is 4.14. The van der Waals surface area contributed by atoms with Crippen molar-refractivity contribution < 1.29 is 0 Å². The first-order valence-corrected chi connectivity index (χ1v) is 6.08. The number of nitrogens with zero attached hydrogens (tertiary/aromatic N) is 3. The monoisotopic (exact) mass is 248 g/mol. The molecule has 0 spiro atoms. The lowest BCUT2D eigenvalue weighted by atomic mass is 10.1. The molecule has 1 N–H and O–H groups in total. The topological polar surface area (TPSA) is 46.5 Å². The van der Waals surface area contributed by atoms with E-state index in [2.05, 4.69) is 46.6 Å². The molecule has 2 rings (SSSR count). The molecule has 2 aromatic heterocycles. The van der Waals surface area contributed by atoms with Crippen LogP contribution in [0.1, 0.15) is 44.1 Å². The van der Waals surface area contributed by atoms with Crippen molar-refractivity contribution >= 4 is 12.2 Å². The second kappa shape index (κ2) is 4.79. The van der Waals surface area contributed by atoms with Gasteiger partial charge in [-0.05, 0) is 30.8 Å². The van der Waals surface area contributed by atoms with Crippen molar-refractivity contribution in [2.75, 3.05) is 0 Å². The molecule has 0 saturated carbocycles. The molecule has 4 nitrogen and oxygen atoms in total. The van der Waals surface area contributed by atoms with Gasteiger partial charge in [0.15, 0.2) is 4.77 Å². The van der Waals surface area contributed by atoms with Crippen molar-refractivity contribution in [3.8, 4) is 0 Å². The molecule has 0 aliphatic carbocycles. The maximum absolute atomic E-state index is 5.29. The van der Waals surface area contributed by atoms with Crippen molar-refractivity contribution in [2.24, 2.45) is 0 Å². The van der Waals surface area contributed by atoms with E-state index in [9.17, 15) is 0 Å². The third-order valence-corrected chi connectivity index (χ3v) is 3.09. The van der Waals surface area contributed by atoms with Crippen LogP contribution in [0.25, 0.3) is 0 Å². The van der Waals surface area contributed by atoms with Gasteiger partial charge in [-0.3, -0.25) is 14.6 Å². The first-order valence-electron chi connectivity index (χ1n) is 5.68. The lowest BCUT2D eigenvalue weighted by molar-refractivity contribution is 0.571. The maximum atomic E-state index is 5.29. The number of H-pyrrole nitrogens is 1. The number of aromatic nitrogens is 4. The number of hydrogen-bond acceptors (Lipinski definition) is 3. The summed E-state index contributed by atoms with van der Waals surface area (Å²) in [6.07, 6.45) is 3.64. The Hall–Kier alpha value is -1.49. The van der Waals surface area contributed by atoms with Crippen LogP contribution in [0.2, 0.25) is 0 Å². The van der Waals surface area contributed by atoms with Gasteiger partial charge in [-0.2, -0.15) is 5.10 Å². The van der Waals surface area contributed by atoms with E-state index < -0.39 is 0 Å². The SMILES string of the molecule is CC(C)c1n[nH]c(=S)n1C(C)c1cccnc1. The van der Waals surface area contributed by atoms with Crippen LogP contribution >= 0.6 is 12.2 Å². The number of pyridine rings is 1. The summed E-state index contributed by atoms with van der Waals surface area (Å²) in [6.45, 7) is 6.32. The molecule has 0 amide bonds. The second-order valence-corrected chi connectivity index (χ2v) is 4.76. The van der Waals surface area contributed by atoms with E-state index >= 15 is 0 Å². The summed E-state index contributed by atoms with van der Waals surface area (Å²) in [5, 5.41) is 7.15. The van der Waals surface area contributed by atoms with Gasteiger partial charge in [0.25, 0.3) is 0 Å². The van der Waals surface area contributed by atoms with E-state index in [-0.39, 0.29) is 6.04 Å². The van der Waals surface area contributed by atoms with Crippen LogP contribution in [0.4, 0.5) is 0 Å². The van der Waals surface area contributed by atoms with Crippen molar-refractivity contribution in [1.29, 1.82) is 0 Å². The van der Waals surface area contributed by atoms with Gasteiger partial charge in [-0.1, -0.05) is 19.9 Å². The average molecular weight is 248 g/mol. The number of hydrogen-bond donors (Lipinski definition) is 1. The first kappa shape index (κ1) is 12.0. The van der Waals surface area contributed by atoms with Gasteiger partial charge in [0.1, 0.15) is 5.82 Å². The fraction of sp³-hybridized carbons (Fsp3) is 0.417. The van der Waals surface area contributed by atoms with Crippen molar-refractivity contribution in [3.63, 3.8) is 0 Å². The van der Waals surface area contributed by atoms with E-state index in [4.69, 9.17) is 12.2 Å². The summed E-state index contributed by atoms with van der Waals surface area (Å²) in [5.74, 6) is 1.31. The third-order valence-electron chi connectivity index (χ3n) is 2.80. The maximum Gasteiger partial charge on any atom is 0.195 e. The normalized spacial score (nSPS) is 12.9. The lowest BCUT2D eigenvalue weighted by Gasteiger charge is -2.17. The Morgan fingerprint density at radius 1 is 1.35 bits per heavy atom.